The summed E-state index contributed by atoms with van der Waals surface area (Å²) in [5.41, 5.74) is 7.75. The summed E-state index contributed by atoms with van der Waals surface area (Å²) in [5.74, 6) is 0. The van der Waals surface area contributed by atoms with Crippen LogP contribution in [0.1, 0.15) is 42.7 Å². The van der Waals surface area contributed by atoms with Gasteiger partial charge < -0.3 is 5.32 Å². The van der Waals surface area contributed by atoms with Crippen LogP contribution in [0.15, 0.2) is 51.9 Å². The maximum atomic E-state index is 4.69. The highest BCUT2D eigenvalue weighted by atomic mass is 127. The Kier molecular flexibility index (Phi) is 5.06. The average molecular weight is 448 g/mol. The standard InChI is InChI=1S/C20H21IN2S/c1-13(24)15-11-18-16(12-19(15)22-9-6-10-23-21)14-7-4-5-8-17(14)20(18,2)3/h4-13,22,24H,1-3H3/b9-6-,23-10+. The fourth-order valence-corrected chi connectivity index (χ4v) is 3.85. The number of nitrogens with one attached hydrogen (secondary N) is 1. The Hall–Kier alpha value is -1.27. The second kappa shape index (κ2) is 6.92. The van der Waals surface area contributed by atoms with Gasteiger partial charge in [0.2, 0.25) is 0 Å². The molecule has 0 spiro atoms. The third kappa shape index (κ3) is 3.02. The number of thiol groups is 1. The van der Waals surface area contributed by atoms with E-state index in [0.717, 1.165) is 5.69 Å². The number of rotatable bonds is 4. The quantitative estimate of drug-likeness (QED) is 0.319. The van der Waals surface area contributed by atoms with E-state index >= 15 is 0 Å². The van der Waals surface area contributed by atoms with Crippen molar-refractivity contribution in [2.24, 2.45) is 3.21 Å². The number of anilines is 1. The van der Waals surface area contributed by atoms with Crippen molar-refractivity contribution in [3.63, 3.8) is 0 Å². The summed E-state index contributed by atoms with van der Waals surface area (Å²) < 4.78 is 3.93. The lowest BCUT2D eigenvalue weighted by Crippen LogP contribution is -2.15. The van der Waals surface area contributed by atoms with E-state index in [2.05, 4.69) is 78.3 Å². The Labute approximate surface area is 163 Å². The molecule has 3 rings (SSSR count). The van der Waals surface area contributed by atoms with Crippen molar-refractivity contribution in [3.8, 4) is 11.1 Å². The lowest BCUT2D eigenvalue weighted by Gasteiger charge is -2.23. The molecule has 0 saturated carbocycles. The molecule has 0 radical (unpaired) electrons. The first-order valence-electron chi connectivity index (χ1n) is 7.99. The Morgan fingerprint density at radius 3 is 2.62 bits per heavy atom. The van der Waals surface area contributed by atoms with E-state index in [1.54, 1.807) is 6.21 Å². The van der Waals surface area contributed by atoms with Gasteiger partial charge in [-0.15, -0.1) is 0 Å². The Balaban J connectivity index is 2.15. The van der Waals surface area contributed by atoms with E-state index in [-0.39, 0.29) is 10.7 Å². The topological polar surface area (TPSA) is 24.4 Å². The van der Waals surface area contributed by atoms with E-state index in [4.69, 9.17) is 0 Å². The Morgan fingerprint density at radius 2 is 1.92 bits per heavy atom. The maximum absolute atomic E-state index is 4.69. The molecule has 0 heterocycles. The van der Waals surface area contributed by atoms with Crippen molar-refractivity contribution < 1.29 is 0 Å². The summed E-state index contributed by atoms with van der Waals surface area (Å²) in [7, 11) is 0. The molecule has 0 aromatic heterocycles. The van der Waals surface area contributed by atoms with Gasteiger partial charge in [-0.25, -0.2) is 3.21 Å². The van der Waals surface area contributed by atoms with Crippen LogP contribution in [-0.4, -0.2) is 6.21 Å². The van der Waals surface area contributed by atoms with Crippen molar-refractivity contribution in [1.29, 1.82) is 0 Å². The van der Waals surface area contributed by atoms with Crippen LogP contribution >= 0.6 is 35.5 Å². The molecule has 2 nitrogen and oxygen atoms in total. The number of hydrogen-bond acceptors (Lipinski definition) is 3. The molecule has 1 aliphatic carbocycles. The zero-order chi connectivity index (χ0) is 17.3. The number of allylic oxidation sites excluding steroid dienone is 1. The Bertz CT molecular complexity index is 822. The largest absolute Gasteiger partial charge is 0.361 e. The fraction of sp³-hybridized carbons (Fsp3) is 0.250. The highest BCUT2D eigenvalue weighted by Gasteiger charge is 2.36. The van der Waals surface area contributed by atoms with Crippen molar-refractivity contribution in [3.05, 3.63) is 65.4 Å². The highest BCUT2D eigenvalue weighted by molar-refractivity contribution is 14.1. The van der Waals surface area contributed by atoms with Gasteiger partial charge in [-0.2, -0.15) is 12.6 Å². The van der Waals surface area contributed by atoms with E-state index in [0.29, 0.717) is 0 Å². The summed E-state index contributed by atoms with van der Waals surface area (Å²) in [6.45, 7) is 6.71. The molecule has 0 fully saturated rings. The van der Waals surface area contributed by atoms with Crippen molar-refractivity contribution in [2.75, 3.05) is 5.32 Å². The van der Waals surface area contributed by atoms with Gasteiger partial charge in [0.05, 0.1) is 22.9 Å². The van der Waals surface area contributed by atoms with Gasteiger partial charge in [0, 0.05) is 28.8 Å². The van der Waals surface area contributed by atoms with Gasteiger partial charge in [-0.05, 0) is 46.9 Å². The smallest absolute Gasteiger partial charge is 0.0831 e. The summed E-state index contributed by atoms with van der Waals surface area (Å²) in [6.07, 6.45) is 5.56. The van der Waals surface area contributed by atoms with Gasteiger partial charge in [0.1, 0.15) is 0 Å². The number of fused-ring (bicyclic) bond motifs is 3. The third-order valence-corrected chi connectivity index (χ3v) is 5.28. The summed E-state index contributed by atoms with van der Waals surface area (Å²) in [5, 5.41) is 3.55. The first kappa shape index (κ1) is 17.5. The molecule has 124 valence electrons. The molecule has 0 bridgehead atoms. The van der Waals surface area contributed by atoms with Crippen LogP contribution in [0.3, 0.4) is 0 Å². The third-order valence-electron chi connectivity index (χ3n) is 4.68. The zero-order valence-electron chi connectivity index (χ0n) is 14.0. The summed E-state index contributed by atoms with van der Waals surface area (Å²) in [6, 6.07) is 13.3. The van der Waals surface area contributed by atoms with E-state index in [1.807, 2.05) is 35.1 Å². The summed E-state index contributed by atoms with van der Waals surface area (Å²) in [4.78, 5) is 0. The average Bonchev–Trinajstić information content (AvgIpc) is 2.79. The number of hydrogen-bond donors (Lipinski definition) is 2. The van der Waals surface area contributed by atoms with Crippen LogP contribution in [0, 0.1) is 0 Å². The molecule has 0 amide bonds. The van der Waals surface area contributed by atoms with Gasteiger partial charge in [-0.3, -0.25) is 0 Å². The number of nitrogens with zero attached hydrogens (tertiary/aromatic N) is 1. The number of benzene rings is 2. The molecule has 1 unspecified atom stereocenters. The monoisotopic (exact) mass is 448 g/mol. The molecular weight excluding hydrogens is 427 g/mol. The minimum atomic E-state index is 0.0194. The van der Waals surface area contributed by atoms with Gasteiger partial charge >= 0.3 is 0 Å². The molecule has 0 saturated heterocycles. The number of halogens is 1. The van der Waals surface area contributed by atoms with E-state index < -0.39 is 0 Å². The van der Waals surface area contributed by atoms with Crippen LogP contribution in [0.5, 0.6) is 0 Å². The Morgan fingerprint density at radius 1 is 1.17 bits per heavy atom. The first-order chi connectivity index (χ1) is 11.5. The molecule has 24 heavy (non-hydrogen) atoms. The van der Waals surface area contributed by atoms with Crippen LogP contribution in [0.25, 0.3) is 11.1 Å². The second-order valence-electron chi connectivity index (χ2n) is 6.58. The molecule has 2 aromatic rings. The van der Waals surface area contributed by atoms with Crippen LogP contribution in [0.4, 0.5) is 5.69 Å². The lowest BCUT2D eigenvalue weighted by molar-refractivity contribution is 0.659. The molecule has 1 aliphatic rings. The van der Waals surface area contributed by atoms with Crippen LogP contribution < -0.4 is 5.32 Å². The second-order valence-corrected chi connectivity index (χ2v) is 7.91. The predicted molar refractivity (Wildman–Crippen MR) is 117 cm³/mol. The zero-order valence-corrected chi connectivity index (χ0v) is 17.1. The van der Waals surface area contributed by atoms with Gasteiger partial charge in [0.15, 0.2) is 0 Å². The van der Waals surface area contributed by atoms with E-state index in [9.17, 15) is 0 Å². The molecule has 1 N–H and O–H groups in total. The molecule has 1 atom stereocenters. The minimum absolute atomic E-state index is 0.0194. The van der Waals surface area contributed by atoms with Gasteiger partial charge in [-0.1, -0.05) is 44.2 Å². The first-order valence-corrected chi connectivity index (χ1v) is 9.47. The predicted octanol–water partition coefficient (Wildman–Crippen LogP) is 6.33. The minimum Gasteiger partial charge on any atom is -0.361 e. The van der Waals surface area contributed by atoms with Crippen molar-refractivity contribution in [2.45, 2.75) is 31.4 Å². The van der Waals surface area contributed by atoms with Crippen LogP contribution in [0.2, 0.25) is 0 Å². The summed E-state index contributed by atoms with van der Waals surface area (Å²) >= 11 is 6.65. The fourth-order valence-electron chi connectivity index (χ4n) is 3.45. The van der Waals surface area contributed by atoms with Crippen LogP contribution in [-0.2, 0) is 5.41 Å². The SMILES string of the molecule is CC(S)c1cc2c(cc1N/C=C\C=N\I)-c1ccccc1C2(C)C. The molecule has 4 heteroatoms. The van der Waals surface area contributed by atoms with Gasteiger partial charge in [0.25, 0.3) is 0 Å². The van der Waals surface area contributed by atoms with E-state index in [1.165, 1.54) is 27.8 Å². The molecule has 2 aromatic carbocycles. The van der Waals surface area contributed by atoms with Crippen molar-refractivity contribution >= 4 is 47.4 Å². The van der Waals surface area contributed by atoms with Crippen molar-refractivity contribution in [1.82, 2.24) is 0 Å². The lowest BCUT2D eigenvalue weighted by atomic mass is 9.81. The highest BCUT2D eigenvalue weighted by Crippen LogP contribution is 2.50. The molecular formula is C20H21IN2S. The maximum Gasteiger partial charge on any atom is 0.0831 e. The molecule has 0 aliphatic heterocycles. The normalized spacial score (nSPS) is 16.4.